The van der Waals surface area contributed by atoms with Crippen molar-refractivity contribution in [2.24, 2.45) is 0 Å². The minimum atomic E-state index is -0.0109. The second kappa shape index (κ2) is 7.58. The number of rotatable bonds is 3. The lowest BCUT2D eigenvalue weighted by molar-refractivity contribution is 0.0745. The summed E-state index contributed by atoms with van der Waals surface area (Å²) in [5, 5.41) is 8.06. The molecule has 0 aliphatic carbocycles. The molecule has 0 bridgehead atoms. The van der Waals surface area contributed by atoms with Crippen LogP contribution in [-0.4, -0.2) is 47.1 Å². The van der Waals surface area contributed by atoms with Gasteiger partial charge in [-0.15, -0.1) is 23.7 Å². The molecule has 1 atom stereocenters. The van der Waals surface area contributed by atoms with E-state index in [-0.39, 0.29) is 24.4 Å². The van der Waals surface area contributed by atoms with Gasteiger partial charge in [-0.25, -0.2) is 4.98 Å². The fourth-order valence-electron chi connectivity index (χ4n) is 3.61. The minimum absolute atomic E-state index is 0. The Bertz CT molecular complexity index is 991. The van der Waals surface area contributed by atoms with Crippen LogP contribution in [0.5, 0.6) is 0 Å². The number of hydrogen-bond donors (Lipinski definition) is 1. The van der Waals surface area contributed by atoms with Crippen LogP contribution in [-0.2, 0) is 0 Å². The van der Waals surface area contributed by atoms with Gasteiger partial charge < -0.3 is 14.7 Å². The topological polar surface area (TPSA) is 71.3 Å². The molecule has 4 heterocycles. The summed E-state index contributed by atoms with van der Waals surface area (Å²) < 4.78 is 5.41. The number of carbonyl (C=O) groups excluding carboxylic acids is 1. The predicted octanol–water partition coefficient (Wildman–Crippen LogP) is 3.73. The third-order valence-electron chi connectivity index (χ3n) is 5.07. The highest BCUT2D eigenvalue weighted by atomic mass is 35.5. The summed E-state index contributed by atoms with van der Waals surface area (Å²) in [6, 6.07) is 4.21. The van der Waals surface area contributed by atoms with Gasteiger partial charge in [-0.2, -0.15) is 0 Å². The van der Waals surface area contributed by atoms with E-state index in [0.717, 1.165) is 30.8 Å². The molecule has 4 rings (SSSR count). The van der Waals surface area contributed by atoms with E-state index in [9.17, 15) is 4.79 Å². The number of nitrogens with one attached hydrogen (secondary N) is 1. The van der Waals surface area contributed by atoms with Crippen molar-refractivity contribution in [3.63, 3.8) is 0 Å². The number of halogens is 1. The molecule has 1 aliphatic heterocycles. The number of pyridine rings is 1. The van der Waals surface area contributed by atoms with Crippen molar-refractivity contribution in [2.45, 2.75) is 33.2 Å². The van der Waals surface area contributed by atoms with Crippen LogP contribution in [0.15, 0.2) is 16.7 Å². The third kappa shape index (κ3) is 3.47. The van der Waals surface area contributed by atoms with Crippen LogP contribution in [0.25, 0.3) is 22.4 Å². The molecule has 1 aliphatic rings. The Morgan fingerprint density at radius 3 is 2.74 bits per heavy atom. The fourth-order valence-corrected chi connectivity index (χ4v) is 4.55. The standard InChI is InChI=1S/C19H22N4O2S.ClH/c1-10-7-14(12(3)26-10)16-8-15(17-11(2)22-25-18(17)21-16)19(24)23(4)13-5-6-20-9-13;/h7-8,13,20H,5-6,9H2,1-4H3;1H. The second-order valence-electron chi connectivity index (χ2n) is 6.89. The van der Waals surface area contributed by atoms with Crippen molar-refractivity contribution >= 4 is 40.8 Å². The molecular weight excluding hydrogens is 384 g/mol. The van der Waals surface area contributed by atoms with E-state index in [4.69, 9.17) is 4.52 Å². The van der Waals surface area contributed by atoms with Crippen LogP contribution in [0, 0.1) is 20.8 Å². The first-order valence-corrected chi connectivity index (χ1v) is 9.59. The lowest BCUT2D eigenvalue weighted by Crippen LogP contribution is -2.38. The first-order chi connectivity index (χ1) is 12.5. The molecule has 0 spiro atoms. The summed E-state index contributed by atoms with van der Waals surface area (Å²) in [7, 11) is 1.87. The van der Waals surface area contributed by atoms with Gasteiger partial charge in [0.05, 0.1) is 22.3 Å². The van der Waals surface area contributed by atoms with Crippen molar-refractivity contribution in [2.75, 3.05) is 20.1 Å². The molecule has 8 heteroatoms. The number of amides is 1. The van der Waals surface area contributed by atoms with Crippen LogP contribution >= 0.6 is 23.7 Å². The van der Waals surface area contributed by atoms with Crippen LogP contribution < -0.4 is 5.32 Å². The van der Waals surface area contributed by atoms with Crippen LogP contribution in [0.1, 0.15) is 32.2 Å². The maximum absolute atomic E-state index is 13.3. The van der Waals surface area contributed by atoms with E-state index in [0.29, 0.717) is 22.4 Å². The van der Waals surface area contributed by atoms with Gasteiger partial charge in [0.1, 0.15) is 0 Å². The molecule has 0 radical (unpaired) electrons. The lowest BCUT2D eigenvalue weighted by Gasteiger charge is -2.24. The van der Waals surface area contributed by atoms with E-state index < -0.39 is 0 Å². The minimum Gasteiger partial charge on any atom is -0.337 e. The average molecular weight is 407 g/mol. The molecule has 144 valence electrons. The zero-order valence-corrected chi connectivity index (χ0v) is 17.5. The van der Waals surface area contributed by atoms with Gasteiger partial charge >= 0.3 is 0 Å². The zero-order valence-electron chi connectivity index (χ0n) is 15.8. The molecule has 0 saturated carbocycles. The summed E-state index contributed by atoms with van der Waals surface area (Å²) in [5.41, 5.74) is 3.53. The smallest absolute Gasteiger partial charge is 0.259 e. The molecule has 27 heavy (non-hydrogen) atoms. The van der Waals surface area contributed by atoms with Gasteiger partial charge in [0, 0.05) is 35.0 Å². The monoisotopic (exact) mass is 406 g/mol. The number of hydrogen-bond acceptors (Lipinski definition) is 6. The zero-order chi connectivity index (χ0) is 18.4. The van der Waals surface area contributed by atoms with Crippen molar-refractivity contribution in [3.05, 3.63) is 33.1 Å². The molecule has 1 amide bonds. The molecule has 3 aromatic heterocycles. The van der Waals surface area contributed by atoms with E-state index in [1.807, 2.05) is 24.9 Å². The van der Waals surface area contributed by atoms with Crippen molar-refractivity contribution in [1.82, 2.24) is 20.4 Å². The summed E-state index contributed by atoms with van der Waals surface area (Å²) >= 11 is 1.73. The van der Waals surface area contributed by atoms with E-state index in [2.05, 4.69) is 35.4 Å². The van der Waals surface area contributed by atoms with Crippen molar-refractivity contribution in [3.8, 4) is 11.3 Å². The number of thiophene rings is 1. The second-order valence-corrected chi connectivity index (χ2v) is 8.35. The van der Waals surface area contributed by atoms with Crippen molar-refractivity contribution < 1.29 is 9.32 Å². The van der Waals surface area contributed by atoms with Gasteiger partial charge in [0.2, 0.25) is 0 Å². The Morgan fingerprint density at radius 1 is 1.33 bits per heavy atom. The highest BCUT2D eigenvalue weighted by molar-refractivity contribution is 7.12. The Balaban J connectivity index is 0.00000210. The van der Waals surface area contributed by atoms with E-state index in [1.54, 1.807) is 11.3 Å². The molecule has 1 fully saturated rings. The van der Waals surface area contributed by atoms with E-state index >= 15 is 0 Å². The Morgan fingerprint density at radius 2 is 2.11 bits per heavy atom. The van der Waals surface area contributed by atoms with Crippen LogP contribution in [0.4, 0.5) is 0 Å². The van der Waals surface area contributed by atoms with Gasteiger partial charge in [-0.05, 0) is 45.9 Å². The van der Waals surface area contributed by atoms with Gasteiger partial charge in [0.25, 0.3) is 11.6 Å². The quantitative estimate of drug-likeness (QED) is 0.717. The molecular formula is C19H23ClN4O2S. The molecule has 1 unspecified atom stereocenters. The molecule has 1 saturated heterocycles. The normalized spacial score (nSPS) is 16.5. The number of aromatic nitrogens is 2. The Labute approximate surface area is 168 Å². The van der Waals surface area contributed by atoms with Gasteiger partial charge in [-0.1, -0.05) is 5.16 Å². The number of aryl methyl sites for hydroxylation is 3. The number of likely N-dealkylation sites (N-methyl/N-ethyl adjacent to an activating group) is 1. The molecule has 1 N–H and O–H groups in total. The first kappa shape index (κ1) is 19.8. The first-order valence-electron chi connectivity index (χ1n) is 8.78. The fraction of sp³-hybridized carbons (Fsp3) is 0.421. The summed E-state index contributed by atoms with van der Waals surface area (Å²) in [4.78, 5) is 22.1. The summed E-state index contributed by atoms with van der Waals surface area (Å²) in [5.74, 6) is -0.0109. The highest BCUT2D eigenvalue weighted by Gasteiger charge is 2.27. The van der Waals surface area contributed by atoms with Gasteiger partial charge in [0.15, 0.2) is 0 Å². The lowest BCUT2D eigenvalue weighted by atomic mass is 10.0. The number of carbonyl (C=O) groups is 1. The highest BCUT2D eigenvalue weighted by Crippen LogP contribution is 2.33. The maximum Gasteiger partial charge on any atom is 0.259 e. The number of fused-ring (bicyclic) bond motifs is 1. The Kier molecular flexibility index (Phi) is 5.55. The van der Waals surface area contributed by atoms with Crippen LogP contribution in [0.2, 0.25) is 0 Å². The van der Waals surface area contributed by atoms with Crippen molar-refractivity contribution in [1.29, 1.82) is 0 Å². The van der Waals surface area contributed by atoms with E-state index in [1.165, 1.54) is 9.75 Å². The average Bonchev–Trinajstić information content (AvgIpc) is 3.34. The summed E-state index contributed by atoms with van der Waals surface area (Å²) in [6.07, 6.45) is 0.967. The maximum atomic E-state index is 13.3. The Hall–Kier alpha value is -1.96. The molecule has 6 nitrogen and oxygen atoms in total. The van der Waals surface area contributed by atoms with Crippen LogP contribution in [0.3, 0.4) is 0 Å². The summed E-state index contributed by atoms with van der Waals surface area (Å²) in [6.45, 7) is 7.77. The number of nitrogens with zero attached hydrogens (tertiary/aromatic N) is 3. The van der Waals surface area contributed by atoms with Gasteiger partial charge in [-0.3, -0.25) is 4.79 Å². The third-order valence-corrected chi connectivity index (χ3v) is 6.03. The predicted molar refractivity (Wildman–Crippen MR) is 110 cm³/mol. The molecule has 3 aromatic rings. The molecule has 0 aromatic carbocycles. The largest absolute Gasteiger partial charge is 0.337 e. The SMILES string of the molecule is Cc1cc(-c2cc(C(=O)N(C)C3CCNC3)c3c(C)noc3n2)c(C)s1.Cl.